The van der Waals surface area contributed by atoms with Crippen LogP contribution in [0.1, 0.15) is 17.3 Å². The number of ether oxygens (including phenoxy) is 1. The van der Waals surface area contributed by atoms with Gasteiger partial charge in [-0.25, -0.2) is 8.78 Å². The number of ketones is 1. The Balaban J connectivity index is 3.22. The molecule has 0 atom stereocenters. The number of benzene rings is 1. The van der Waals surface area contributed by atoms with Gasteiger partial charge in [0, 0.05) is 6.07 Å². The quantitative estimate of drug-likeness (QED) is 0.580. The lowest BCUT2D eigenvalue weighted by atomic mass is 10.1. The molecule has 0 aromatic heterocycles. The van der Waals surface area contributed by atoms with Gasteiger partial charge in [-0.2, -0.15) is 8.78 Å². The highest BCUT2D eigenvalue weighted by molar-refractivity contribution is 5.96. The number of hydrogen-bond donors (Lipinski definition) is 0. The van der Waals surface area contributed by atoms with Crippen molar-refractivity contribution in [2.45, 2.75) is 13.5 Å². The van der Waals surface area contributed by atoms with E-state index >= 15 is 0 Å². The smallest absolute Gasteiger partial charge is 0.387 e. The molecule has 1 aromatic rings. The number of carbonyl (C=O) groups is 1. The normalized spacial score (nSPS) is 10.5. The van der Waals surface area contributed by atoms with Crippen LogP contribution in [0, 0.1) is 11.6 Å². The van der Waals surface area contributed by atoms with Gasteiger partial charge in [-0.05, 0) is 13.0 Å². The van der Waals surface area contributed by atoms with Gasteiger partial charge in [0.05, 0.1) is 5.56 Å². The zero-order valence-electron chi connectivity index (χ0n) is 7.56. The first-order valence-electron chi connectivity index (χ1n) is 3.86. The van der Waals surface area contributed by atoms with Gasteiger partial charge in [0.1, 0.15) is 5.75 Å². The summed E-state index contributed by atoms with van der Waals surface area (Å²) in [5.41, 5.74) is -0.422. The molecule has 0 saturated carbocycles. The molecule has 2 nitrogen and oxygen atoms in total. The molecular weight excluding hydrogens is 216 g/mol. The summed E-state index contributed by atoms with van der Waals surface area (Å²) in [6.45, 7) is -2.17. The average molecular weight is 222 g/mol. The zero-order chi connectivity index (χ0) is 11.6. The highest BCUT2D eigenvalue weighted by Gasteiger charge is 2.17. The van der Waals surface area contributed by atoms with Crippen LogP contribution in [0.5, 0.6) is 5.75 Å². The van der Waals surface area contributed by atoms with E-state index in [0.29, 0.717) is 12.1 Å². The van der Waals surface area contributed by atoms with E-state index in [1.54, 1.807) is 0 Å². The fraction of sp³-hybridized carbons (Fsp3) is 0.222. The predicted octanol–water partition coefficient (Wildman–Crippen LogP) is 2.77. The molecule has 0 unspecified atom stereocenters. The Labute approximate surface area is 82.5 Å². The van der Waals surface area contributed by atoms with E-state index in [-0.39, 0.29) is 0 Å². The van der Waals surface area contributed by atoms with Crippen LogP contribution in [0.25, 0.3) is 0 Å². The molecule has 1 rings (SSSR count). The maximum absolute atomic E-state index is 12.7. The fourth-order valence-electron chi connectivity index (χ4n) is 0.997. The third-order valence-electron chi connectivity index (χ3n) is 1.62. The molecule has 0 spiro atoms. The van der Waals surface area contributed by atoms with Crippen LogP contribution in [0.4, 0.5) is 17.6 Å². The van der Waals surface area contributed by atoms with Crippen molar-refractivity contribution in [3.63, 3.8) is 0 Å². The predicted molar refractivity (Wildman–Crippen MR) is 43.0 cm³/mol. The number of carbonyl (C=O) groups excluding carboxylic acids is 1. The molecule has 0 aliphatic carbocycles. The van der Waals surface area contributed by atoms with Gasteiger partial charge >= 0.3 is 6.61 Å². The summed E-state index contributed by atoms with van der Waals surface area (Å²) in [7, 11) is 0. The maximum Gasteiger partial charge on any atom is 0.387 e. The number of rotatable bonds is 3. The Kier molecular flexibility index (Phi) is 3.28. The van der Waals surface area contributed by atoms with Crippen molar-refractivity contribution in [1.29, 1.82) is 0 Å². The monoisotopic (exact) mass is 222 g/mol. The first-order chi connectivity index (χ1) is 6.91. The molecule has 15 heavy (non-hydrogen) atoms. The number of halogens is 4. The van der Waals surface area contributed by atoms with Crippen molar-refractivity contribution in [2.24, 2.45) is 0 Å². The van der Waals surface area contributed by atoms with Gasteiger partial charge in [-0.3, -0.25) is 4.79 Å². The van der Waals surface area contributed by atoms with Gasteiger partial charge in [-0.1, -0.05) is 0 Å². The van der Waals surface area contributed by atoms with E-state index < -0.39 is 35.3 Å². The minimum absolute atomic E-state index is 0.415. The van der Waals surface area contributed by atoms with Crippen molar-refractivity contribution >= 4 is 5.78 Å². The fourth-order valence-corrected chi connectivity index (χ4v) is 0.997. The van der Waals surface area contributed by atoms with E-state index in [4.69, 9.17) is 0 Å². The number of hydrogen-bond acceptors (Lipinski definition) is 2. The van der Waals surface area contributed by atoms with Crippen LogP contribution >= 0.6 is 0 Å². The van der Waals surface area contributed by atoms with Gasteiger partial charge in [0.15, 0.2) is 17.4 Å². The summed E-state index contributed by atoms with van der Waals surface area (Å²) in [5, 5.41) is 0. The standard InChI is InChI=1S/C9H6F4O2/c1-4(14)5-2-6(10)7(11)3-8(5)15-9(12)13/h2-3,9H,1H3. The van der Waals surface area contributed by atoms with Crippen LogP contribution in [-0.4, -0.2) is 12.4 Å². The average Bonchev–Trinajstić information content (AvgIpc) is 2.09. The summed E-state index contributed by atoms with van der Waals surface area (Å²) in [6.07, 6.45) is 0. The van der Waals surface area contributed by atoms with E-state index in [0.717, 1.165) is 6.92 Å². The molecule has 0 amide bonds. The van der Waals surface area contributed by atoms with Crippen molar-refractivity contribution in [3.8, 4) is 5.75 Å². The second-order valence-corrected chi connectivity index (χ2v) is 2.70. The summed E-state index contributed by atoms with van der Waals surface area (Å²) < 4.78 is 52.9. The largest absolute Gasteiger partial charge is 0.434 e. The molecule has 0 heterocycles. The molecular formula is C9H6F4O2. The highest BCUT2D eigenvalue weighted by Crippen LogP contribution is 2.24. The second-order valence-electron chi connectivity index (χ2n) is 2.70. The van der Waals surface area contributed by atoms with Crippen molar-refractivity contribution in [3.05, 3.63) is 29.3 Å². The van der Waals surface area contributed by atoms with Crippen LogP contribution in [0.3, 0.4) is 0 Å². The van der Waals surface area contributed by atoms with Crippen molar-refractivity contribution in [2.75, 3.05) is 0 Å². The van der Waals surface area contributed by atoms with Gasteiger partial charge < -0.3 is 4.74 Å². The summed E-state index contributed by atoms with van der Waals surface area (Å²) in [5.74, 6) is -4.00. The van der Waals surface area contributed by atoms with E-state index in [1.807, 2.05) is 0 Å². The lowest BCUT2D eigenvalue weighted by Gasteiger charge is -2.08. The first kappa shape index (κ1) is 11.5. The molecule has 0 bridgehead atoms. The second kappa shape index (κ2) is 4.29. The molecule has 82 valence electrons. The summed E-state index contributed by atoms with van der Waals surface area (Å²) >= 11 is 0. The Morgan fingerprint density at radius 2 is 1.80 bits per heavy atom. The number of alkyl halides is 2. The Morgan fingerprint density at radius 3 is 2.27 bits per heavy atom. The number of Topliss-reactive ketones (excluding diaryl/α,β-unsaturated/α-hetero) is 1. The van der Waals surface area contributed by atoms with Crippen LogP contribution in [0.2, 0.25) is 0 Å². The molecule has 0 fully saturated rings. The minimum Gasteiger partial charge on any atom is -0.434 e. The first-order valence-corrected chi connectivity index (χ1v) is 3.86. The van der Waals surface area contributed by atoms with Gasteiger partial charge in [0.2, 0.25) is 0 Å². The van der Waals surface area contributed by atoms with Crippen LogP contribution in [-0.2, 0) is 0 Å². The van der Waals surface area contributed by atoms with Crippen LogP contribution < -0.4 is 4.74 Å². The minimum atomic E-state index is -3.20. The van der Waals surface area contributed by atoms with E-state index in [2.05, 4.69) is 4.74 Å². The third kappa shape index (κ3) is 2.68. The summed E-state index contributed by atoms with van der Waals surface area (Å²) in [6, 6.07) is 0.938. The maximum atomic E-state index is 12.7. The zero-order valence-corrected chi connectivity index (χ0v) is 7.56. The molecule has 6 heteroatoms. The van der Waals surface area contributed by atoms with Crippen molar-refractivity contribution < 1.29 is 27.1 Å². The molecule has 0 aliphatic heterocycles. The molecule has 0 saturated heterocycles. The summed E-state index contributed by atoms with van der Waals surface area (Å²) in [4.78, 5) is 10.9. The SMILES string of the molecule is CC(=O)c1cc(F)c(F)cc1OC(F)F. The molecule has 0 aliphatic rings. The van der Waals surface area contributed by atoms with E-state index in [1.165, 1.54) is 0 Å². The molecule has 0 N–H and O–H groups in total. The molecule has 1 aromatic carbocycles. The lowest BCUT2D eigenvalue weighted by Crippen LogP contribution is -2.07. The van der Waals surface area contributed by atoms with Gasteiger partial charge in [0.25, 0.3) is 0 Å². The Bertz CT molecular complexity index is 390. The Morgan fingerprint density at radius 1 is 1.27 bits per heavy atom. The lowest BCUT2D eigenvalue weighted by molar-refractivity contribution is -0.0503. The third-order valence-corrected chi connectivity index (χ3v) is 1.62. The van der Waals surface area contributed by atoms with Crippen LogP contribution in [0.15, 0.2) is 12.1 Å². The molecule has 0 radical (unpaired) electrons. The van der Waals surface area contributed by atoms with E-state index in [9.17, 15) is 22.4 Å². The van der Waals surface area contributed by atoms with Crippen molar-refractivity contribution in [1.82, 2.24) is 0 Å². The Hall–Kier alpha value is -1.59. The van der Waals surface area contributed by atoms with Gasteiger partial charge in [-0.15, -0.1) is 0 Å². The highest BCUT2D eigenvalue weighted by atomic mass is 19.3. The topological polar surface area (TPSA) is 26.3 Å².